The Morgan fingerprint density at radius 1 is 1.62 bits per heavy atom. The molecule has 0 aliphatic carbocycles. The maximum absolute atomic E-state index is 11.2. The fraction of sp³-hybridized carbons (Fsp3) is 0.200. The molecule has 0 saturated carbocycles. The summed E-state index contributed by atoms with van der Waals surface area (Å²) >= 11 is 0. The third-order valence-electron chi connectivity index (χ3n) is 1.62. The second-order valence-corrected chi connectivity index (χ2v) is 2.69. The van der Waals surface area contributed by atoms with Crippen LogP contribution in [0.5, 0.6) is 0 Å². The summed E-state index contributed by atoms with van der Waals surface area (Å²) < 4.78 is 4.49. The Labute approximate surface area is 91.9 Å². The highest BCUT2D eigenvalue weighted by Gasteiger charge is 2.16. The first kappa shape index (κ1) is 11.7. The van der Waals surface area contributed by atoms with E-state index in [9.17, 15) is 9.59 Å². The van der Waals surface area contributed by atoms with Gasteiger partial charge in [0.25, 0.3) is 0 Å². The van der Waals surface area contributed by atoms with Gasteiger partial charge in [-0.15, -0.1) is 0 Å². The van der Waals surface area contributed by atoms with E-state index in [4.69, 9.17) is 5.26 Å². The molecule has 6 heteroatoms. The molecular formula is C10H9N3O3. The van der Waals surface area contributed by atoms with Crippen molar-refractivity contribution in [2.24, 2.45) is 0 Å². The highest BCUT2D eigenvalue weighted by Crippen LogP contribution is 2.09. The highest BCUT2D eigenvalue weighted by atomic mass is 16.5. The van der Waals surface area contributed by atoms with Gasteiger partial charge in [-0.2, -0.15) is 5.26 Å². The van der Waals surface area contributed by atoms with Crippen molar-refractivity contribution < 1.29 is 14.3 Å². The summed E-state index contributed by atoms with van der Waals surface area (Å²) in [6.45, 7) is 1.70. The highest BCUT2D eigenvalue weighted by molar-refractivity contribution is 6.37. The van der Waals surface area contributed by atoms with Crippen molar-refractivity contribution in [2.45, 2.75) is 6.92 Å². The number of pyridine rings is 1. The summed E-state index contributed by atoms with van der Waals surface area (Å²) in [5.41, 5.74) is 0.181. The maximum atomic E-state index is 11.2. The first-order valence-electron chi connectivity index (χ1n) is 4.52. The average molecular weight is 219 g/mol. The van der Waals surface area contributed by atoms with E-state index in [1.54, 1.807) is 13.0 Å². The molecular weight excluding hydrogens is 210 g/mol. The molecule has 1 rings (SSSR count). The summed E-state index contributed by atoms with van der Waals surface area (Å²) in [5.74, 6) is -1.91. The van der Waals surface area contributed by atoms with Crippen molar-refractivity contribution >= 4 is 17.7 Å². The Morgan fingerprint density at radius 2 is 2.38 bits per heavy atom. The fourth-order valence-corrected chi connectivity index (χ4v) is 0.950. The molecule has 0 bridgehead atoms. The van der Waals surface area contributed by atoms with Gasteiger partial charge in [0.05, 0.1) is 12.2 Å². The molecule has 82 valence electrons. The number of carbonyl (C=O) groups is 2. The monoisotopic (exact) mass is 219 g/mol. The Hall–Kier alpha value is -2.42. The number of nitrogens with one attached hydrogen (secondary N) is 1. The Bertz CT molecular complexity index is 451. The van der Waals surface area contributed by atoms with Crippen LogP contribution in [0.3, 0.4) is 0 Å². The molecule has 0 aromatic carbocycles. The number of carbonyl (C=O) groups excluding carboxylic acids is 2. The Kier molecular flexibility index (Phi) is 3.98. The summed E-state index contributed by atoms with van der Waals surface area (Å²) in [4.78, 5) is 26.0. The number of ether oxygens (including phenoxy) is 1. The lowest BCUT2D eigenvalue weighted by atomic mass is 10.3. The smallest absolute Gasteiger partial charge is 0.397 e. The molecule has 0 unspecified atom stereocenters. The van der Waals surface area contributed by atoms with Crippen molar-refractivity contribution in [1.82, 2.24) is 4.98 Å². The first-order valence-corrected chi connectivity index (χ1v) is 4.52. The van der Waals surface area contributed by atoms with E-state index in [1.165, 1.54) is 12.3 Å². The third-order valence-corrected chi connectivity index (χ3v) is 1.62. The van der Waals surface area contributed by atoms with Crippen molar-refractivity contribution in [3.8, 4) is 6.07 Å². The summed E-state index contributed by atoms with van der Waals surface area (Å²) in [7, 11) is 0. The number of esters is 1. The minimum atomic E-state index is -1.00. The summed E-state index contributed by atoms with van der Waals surface area (Å²) in [6, 6.07) is 4.88. The maximum Gasteiger partial charge on any atom is 0.397 e. The second kappa shape index (κ2) is 5.46. The zero-order valence-electron chi connectivity index (χ0n) is 8.56. The lowest BCUT2D eigenvalue weighted by Crippen LogP contribution is -2.25. The Morgan fingerprint density at radius 3 is 3.00 bits per heavy atom. The molecule has 1 heterocycles. The minimum Gasteiger partial charge on any atom is -0.459 e. The largest absolute Gasteiger partial charge is 0.459 e. The molecule has 16 heavy (non-hydrogen) atoms. The first-order chi connectivity index (χ1) is 7.69. The average Bonchev–Trinajstić information content (AvgIpc) is 2.30. The molecule has 0 fully saturated rings. The predicted octanol–water partition coefficient (Wildman–Crippen LogP) is 0.455. The van der Waals surface area contributed by atoms with E-state index in [0.29, 0.717) is 0 Å². The SMILES string of the molecule is CCOC(=O)C(=O)Nc1ncccc1C#N. The van der Waals surface area contributed by atoms with Gasteiger partial charge in [0.1, 0.15) is 6.07 Å². The number of nitriles is 1. The summed E-state index contributed by atoms with van der Waals surface area (Å²) in [6.07, 6.45) is 1.40. The van der Waals surface area contributed by atoms with Crippen LogP contribution >= 0.6 is 0 Å². The van der Waals surface area contributed by atoms with Gasteiger partial charge in [0.15, 0.2) is 5.82 Å². The van der Waals surface area contributed by atoms with Crippen LogP contribution < -0.4 is 5.32 Å². The van der Waals surface area contributed by atoms with Crippen molar-refractivity contribution in [3.63, 3.8) is 0 Å². The lowest BCUT2D eigenvalue weighted by molar-refractivity contribution is -0.152. The molecule has 0 spiro atoms. The quantitative estimate of drug-likeness (QED) is 0.576. The van der Waals surface area contributed by atoms with Crippen LogP contribution in [0.2, 0.25) is 0 Å². The van der Waals surface area contributed by atoms with Crippen LogP contribution in [0, 0.1) is 11.3 Å². The number of hydrogen-bond donors (Lipinski definition) is 1. The topological polar surface area (TPSA) is 92.1 Å². The Balaban J connectivity index is 2.78. The number of nitrogens with zero attached hydrogens (tertiary/aromatic N) is 2. The van der Waals surface area contributed by atoms with Crippen LogP contribution in [-0.4, -0.2) is 23.5 Å². The van der Waals surface area contributed by atoms with E-state index in [2.05, 4.69) is 15.0 Å². The third kappa shape index (κ3) is 2.78. The molecule has 6 nitrogen and oxygen atoms in total. The lowest BCUT2D eigenvalue weighted by Gasteiger charge is -2.04. The van der Waals surface area contributed by atoms with Gasteiger partial charge < -0.3 is 4.74 Å². The van der Waals surface area contributed by atoms with E-state index < -0.39 is 11.9 Å². The molecule has 0 saturated heterocycles. The van der Waals surface area contributed by atoms with E-state index in [1.807, 2.05) is 6.07 Å². The fourth-order valence-electron chi connectivity index (χ4n) is 0.950. The van der Waals surface area contributed by atoms with Gasteiger partial charge in [-0.3, -0.25) is 10.1 Å². The van der Waals surface area contributed by atoms with Gasteiger partial charge in [-0.1, -0.05) is 0 Å². The molecule has 0 aliphatic heterocycles. The van der Waals surface area contributed by atoms with E-state index in [0.717, 1.165) is 0 Å². The summed E-state index contributed by atoms with van der Waals surface area (Å²) in [5, 5.41) is 10.9. The van der Waals surface area contributed by atoms with Crippen molar-refractivity contribution in [1.29, 1.82) is 5.26 Å². The van der Waals surface area contributed by atoms with Crippen LogP contribution in [0.25, 0.3) is 0 Å². The van der Waals surface area contributed by atoms with Gasteiger partial charge in [-0.05, 0) is 19.1 Å². The molecule has 1 amide bonds. The molecule has 0 radical (unpaired) electrons. The van der Waals surface area contributed by atoms with Gasteiger partial charge in [0, 0.05) is 6.20 Å². The van der Waals surface area contributed by atoms with Crippen LogP contribution in [-0.2, 0) is 14.3 Å². The van der Waals surface area contributed by atoms with E-state index >= 15 is 0 Å². The van der Waals surface area contributed by atoms with Gasteiger partial charge >= 0.3 is 11.9 Å². The van der Waals surface area contributed by atoms with Crippen LogP contribution in [0.4, 0.5) is 5.82 Å². The normalized spacial score (nSPS) is 9.00. The van der Waals surface area contributed by atoms with E-state index in [-0.39, 0.29) is 18.0 Å². The number of anilines is 1. The number of amides is 1. The molecule has 1 aromatic rings. The molecule has 0 aliphatic rings. The molecule has 1 aromatic heterocycles. The van der Waals surface area contributed by atoms with Gasteiger partial charge in [-0.25, -0.2) is 9.78 Å². The predicted molar refractivity (Wildman–Crippen MR) is 54.2 cm³/mol. The van der Waals surface area contributed by atoms with Crippen LogP contribution in [0.1, 0.15) is 12.5 Å². The van der Waals surface area contributed by atoms with Crippen molar-refractivity contribution in [3.05, 3.63) is 23.9 Å². The standard InChI is InChI=1S/C10H9N3O3/c1-2-16-10(15)9(14)13-8-7(6-11)4-3-5-12-8/h3-5H,2H2,1H3,(H,12,13,14). The second-order valence-electron chi connectivity index (χ2n) is 2.69. The molecule has 0 atom stereocenters. The number of rotatable bonds is 2. The van der Waals surface area contributed by atoms with Crippen LogP contribution in [0.15, 0.2) is 18.3 Å². The van der Waals surface area contributed by atoms with Gasteiger partial charge in [0.2, 0.25) is 0 Å². The van der Waals surface area contributed by atoms with Crippen molar-refractivity contribution in [2.75, 3.05) is 11.9 Å². The number of aromatic nitrogens is 1. The zero-order valence-corrected chi connectivity index (χ0v) is 8.56. The minimum absolute atomic E-state index is 0.0445. The number of hydrogen-bond acceptors (Lipinski definition) is 5. The molecule has 1 N–H and O–H groups in total. The zero-order chi connectivity index (χ0) is 12.0.